The molecule has 0 amide bonds. The molecule has 0 aromatic carbocycles. The van der Waals surface area contributed by atoms with E-state index in [2.05, 4.69) is 21.3 Å². The largest absolute Gasteiger partial charge is 0.339 e. The van der Waals surface area contributed by atoms with Gasteiger partial charge in [-0.15, -0.1) is 0 Å². The van der Waals surface area contributed by atoms with E-state index in [4.69, 9.17) is 9.78 Å². The monoisotopic (exact) mass is 231 g/mol. The van der Waals surface area contributed by atoms with E-state index in [-0.39, 0.29) is 5.92 Å². The number of aryl methyl sites for hydroxylation is 1. The molecular weight excluding hydrogens is 218 g/mol. The lowest BCUT2D eigenvalue weighted by Gasteiger charge is -2.00. The number of hydrogen-bond acceptors (Lipinski definition) is 5. The molecule has 0 saturated heterocycles. The molecule has 0 aliphatic carbocycles. The van der Waals surface area contributed by atoms with Crippen LogP contribution in [0.5, 0.6) is 0 Å². The fourth-order valence-electron chi connectivity index (χ4n) is 1.48. The molecule has 1 unspecified atom stereocenters. The average molecular weight is 231 g/mol. The molecule has 1 atom stereocenters. The van der Waals surface area contributed by atoms with E-state index in [1.54, 1.807) is 4.68 Å². The second-order valence-corrected chi connectivity index (χ2v) is 3.93. The smallest absolute Gasteiger partial charge is 0.229 e. The maximum Gasteiger partial charge on any atom is 0.229 e. The zero-order chi connectivity index (χ0) is 12.3. The Morgan fingerprint density at radius 2 is 2.41 bits per heavy atom. The molecule has 17 heavy (non-hydrogen) atoms. The summed E-state index contributed by atoms with van der Waals surface area (Å²) >= 11 is 0. The van der Waals surface area contributed by atoms with Gasteiger partial charge in [-0.1, -0.05) is 12.1 Å². The number of hydrogen-bond donors (Lipinski definition) is 0. The first-order valence-corrected chi connectivity index (χ1v) is 5.41. The highest BCUT2D eigenvalue weighted by Gasteiger charge is 2.16. The zero-order valence-electron chi connectivity index (χ0n) is 9.79. The van der Waals surface area contributed by atoms with Gasteiger partial charge in [0.1, 0.15) is 5.69 Å². The molecule has 0 saturated carbocycles. The highest BCUT2D eigenvalue weighted by molar-refractivity contribution is 5.46. The zero-order valence-corrected chi connectivity index (χ0v) is 9.79. The summed E-state index contributed by atoms with van der Waals surface area (Å²) < 4.78 is 6.85. The van der Waals surface area contributed by atoms with E-state index >= 15 is 0 Å². The lowest BCUT2D eigenvalue weighted by Crippen LogP contribution is -1.93. The fraction of sp³-hybridized carbons (Fsp3) is 0.455. The third-order valence-corrected chi connectivity index (χ3v) is 2.50. The Hall–Kier alpha value is -2.16. The molecule has 0 N–H and O–H groups in total. The van der Waals surface area contributed by atoms with Crippen molar-refractivity contribution in [2.45, 2.75) is 25.7 Å². The summed E-state index contributed by atoms with van der Waals surface area (Å²) in [5, 5.41) is 16.6. The van der Waals surface area contributed by atoms with E-state index in [1.165, 1.54) is 0 Å². The highest BCUT2D eigenvalue weighted by Crippen LogP contribution is 2.21. The number of nitrogens with zero attached hydrogens (tertiary/aromatic N) is 5. The third kappa shape index (κ3) is 2.50. The lowest BCUT2D eigenvalue weighted by molar-refractivity contribution is 0.355. The maximum absolute atomic E-state index is 8.52. The summed E-state index contributed by atoms with van der Waals surface area (Å²) in [5.41, 5.74) is 0.690. The summed E-state index contributed by atoms with van der Waals surface area (Å²) in [4.78, 5) is 4.28. The van der Waals surface area contributed by atoms with E-state index in [9.17, 15) is 0 Å². The Labute approximate surface area is 98.9 Å². The molecule has 6 nitrogen and oxygen atoms in total. The van der Waals surface area contributed by atoms with Crippen LogP contribution in [0.2, 0.25) is 0 Å². The van der Waals surface area contributed by atoms with Gasteiger partial charge in [-0.05, 0) is 12.5 Å². The lowest BCUT2D eigenvalue weighted by atomic mass is 10.1. The molecular formula is C11H13N5O. The van der Waals surface area contributed by atoms with Crippen LogP contribution in [0.15, 0.2) is 16.8 Å². The highest BCUT2D eigenvalue weighted by atomic mass is 16.5. The van der Waals surface area contributed by atoms with E-state index in [1.807, 2.05) is 26.2 Å². The predicted molar refractivity (Wildman–Crippen MR) is 59.8 cm³/mol. The van der Waals surface area contributed by atoms with Gasteiger partial charge in [0.15, 0.2) is 0 Å². The normalized spacial score (nSPS) is 12.3. The minimum Gasteiger partial charge on any atom is -0.339 e. The Morgan fingerprint density at radius 3 is 3.06 bits per heavy atom. The molecule has 0 aliphatic heterocycles. The predicted octanol–water partition coefficient (Wildman–Crippen LogP) is 1.88. The van der Waals surface area contributed by atoms with Crippen molar-refractivity contribution in [2.24, 2.45) is 7.05 Å². The van der Waals surface area contributed by atoms with E-state index < -0.39 is 0 Å². The van der Waals surface area contributed by atoms with Gasteiger partial charge in [0.25, 0.3) is 0 Å². The number of nitriles is 1. The van der Waals surface area contributed by atoms with Crippen molar-refractivity contribution < 1.29 is 4.52 Å². The molecule has 2 aromatic rings. The quantitative estimate of drug-likeness (QED) is 0.802. The van der Waals surface area contributed by atoms with Crippen LogP contribution in [-0.4, -0.2) is 19.9 Å². The summed E-state index contributed by atoms with van der Waals surface area (Å²) in [6.45, 7) is 1.97. The standard InChI is InChI=1S/C11H13N5O/c1-8(4-3-6-12)11-13-10(15-17-11)9-5-7-16(2)14-9/h5,7-8H,3-4H2,1-2H3. The van der Waals surface area contributed by atoms with Gasteiger partial charge < -0.3 is 4.52 Å². The van der Waals surface area contributed by atoms with Crippen molar-refractivity contribution in [1.82, 2.24) is 19.9 Å². The van der Waals surface area contributed by atoms with Gasteiger partial charge in [0, 0.05) is 25.6 Å². The Balaban J connectivity index is 2.13. The minimum atomic E-state index is 0.0969. The number of aromatic nitrogens is 4. The van der Waals surface area contributed by atoms with Crippen molar-refractivity contribution in [3.05, 3.63) is 18.2 Å². The van der Waals surface area contributed by atoms with Gasteiger partial charge in [-0.3, -0.25) is 4.68 Å². The first-order chi connectivity index (χ1) is 8.20. The Morgan fingerprint density at radius 1 is 1.59 bits per heavy atom. The summed E-state index contributed by atoms with van der Waals surface area (Å²) in [6.07, 6.45) is 3.04. The molecule has 0 aliphatic rings. The molecule has 88 valence electrons. The van der Waals surface area contributed by atoms with Crippen molar-refractivity contribution in [1.29, 1.82) is 5.26 Å². The van der Waals surface area contributed by atoms with Gasteiger partial charge in [-0.2, -0.15) is 15.3 Å². The van der Waals surface area contributed by atoms with Crippen molar-refractivity contribution in [2.75, 3.05) is 0 Å². The third-order valence-electron chi connectivity index (χ3n) is 2.50. The van der Waals surface area contributed by atoms with Crippen molar-refractivity contribution >= 4 is 0 Å². The average Bonchev–Trinajstić information content (AvgIpc) is 2.93. The van der Waals surface area contributed by atoms with Crippen molar-refractivity contribution in [3.8, 4) is 17.6 Å². The first kappa shape index (κ1) is 11.3. The van der Waals surface area contributed by atoms with Gasteiger partial charge in [0.05, 0.1) is 6.07 Å². The van der Waals surface area contributed by atoms with Crippen LogP contribution in [0.1, 0.15) is 31.6 Å². The van der Waals surface area contributed by atoms with Gasteiger partial charge in [0.2, 0.25) is 11.7 Å². The fourth-order valence-corrected chi connectivity index (χ4v) is 1.48. The molecule has 0 spiro atoms. The van der Waals surface area contributed by atoms with Crippen molar-refractivity contribution in [3.63, 3.8) is 0 Å². The van der Waals surface area contributed by atoms with Crippen LogP contribution >= 0.6 is 0 Å². The molecule has 2 aromatic heterocycles. The summed E-state index contributed by atoms with van der Waals surface area (Å²) in [6, 6.07) is 3.93. The first-order valence-electron chi connectivity index (χ1n) is 5.41. The molecule has 0 bridgehead atoms. The molecule has 0 fully saturated rings. The van der Waals surface area contributed by atoms with E-state index in [0.29, 0.717) is 23.8 Å². The molecule has 6 heteroatoms. The summed E-state index contributed by atoms with van der Waals surface area (Å²) in [5.74, 6) is 1.14. The maximum atomic E-state index is 8.52. The van der Waals surface area contributed by atoms with E-state index in [0.717, 1.165) is 6.42 Å². The second kappa shape index (κ2) is 4.78. The molecule has 2 rings (SSSR count). The van der Waals surface area contributed by atoms with Crippen LogP contribution in [0, 0.1) is 11.3 Å². The van der Waals surface area contributed by atoms with Crippen LogP contribution in [0.4, 0.5) is 0 Å². The van der Waals surface area contributed by atoms with Crippen LogP contribution < -0.4 is 0 Å². The van der Waals surface area contributed by atoms with Crippen LogP contribution in [0.3, 0.4) is 0 Å². The Kier molecular flexibility index (Phi) is 3.19. The topological polar surface area (TPSA) is 80.5 Å². The molecule has 0 radical (unpaired) electrons. The SMILES string of the molecule is CC(CCC#N)c1nc(-c2ccn(C)n2)no1. The minimum absolute atomic E-state index is 0.0969. The second-order valence-electron chi connectivity index (χ2n) is 3.93. The Bertz CT molecular complexity index is 536. The van der Waals surface area contributed by atoms with Crippen LogP contribution in [0.25, 0.3) is 11.5 Å². The number of rotatable bonds is 4. The van der Waals surface area contributed by atoms with Crippen LogP contribution in [-0.2, 0) is 7.05 Å². The molecule has 2 heterocycles. The summed E-state index contributed by atoms with van der Waals surface area (Å²) in [7, 11) is 1.83. The van der Waals surface area contributed by atoms with Gasteiger partial charge in [-0.25, -0.2) is 0 Å². The van der Waals surface area contributed by atoms with Gasteiger partial charge >= 0.3 is 0 Å².